The maximum absolute atomic E-state index is 12.6. The van der Waals surface area contributed by atoms with Crippen molar-refractivity contribution in [2.45, 2.75) is 58.2 Å². The Morgan fingerprint density at radius 3 is 2.06 bits per heavy atom. The van der Waals surface area contributed by atoms with Crippen LogP contribution in [0, 0.1) is 23.2 Å². The summed E-state index contributed by atoms with van der Waals surface area (Å²) < 4.78 is 15.9. The molecule has 7 heteroatoms. The number of carbonyl (C=O) groups is 3. The molecule has 7 nitrogen and oxygen atoms in total. The average Bonchev–Trinajstić information content (AvgIpc) is 2.70. The molecule has 1 saturated heterocycles. The van der Waals surface area contributed by atoms with Crippen molar-refractivity contribution in [2.24, 2.45) is 23.2 Å². The maximum atomic E-state index is 12.6. The summed E-state index contributed by atoms with van der Waals surface area (Å²) in [6.45, 7) is 3.50. The van der Waals surface area contributed by atoms with Crippen molar-refractivity contribution in [3.05, 3.63) is 41.6 Å². The van der Waals surface area contributed by atoms with Crippen molar-refractivity contribution in [2.75, 3.05) is 11.9 Å². The van der Waals surface area contributed by atoms with E-state index in [4.69, 9.17) is 14.2 Å². The van der Waals surface area contributed by atoms with Crippen molar-refractivity contribution in [3.8, 4) is 0 Å². The lowest BCUT2D eigenvalue weighted by Crippen LogP contribution is -2.48. The zero-order valence-electron chi connectivity index (χ0n) is 18.5. The van der Waals surface area contributed by atoms with E-state index in [9.17, 15) is 14.4 Å². The molecule has 5 fully saturated rings. The van der Waals surface area contributed by atoms with Gasteiger partial charge in [0.05, 0.1) is 12.2 Å². The van der Waals surface area contributed by atoms with Crippen molar-refractivity contribution in [3.63, 3.8) is 0 Å². The molecule has 4 saturated carbocycles. The Hall–Kier alpha value is -2.83. The lowest BCUT2D eigenvalue weighted by molar-refractivity contribution is -0.222. The van der Waals surface area contributed by atoms with Crippen LogP contribution in [0.1, 0.15) is 62.7 Å². The molecule has 32 heavy (non-hydrogen) atoms. The Morgan fingerprint density at radius 2 is 1.53 bits per heavy atom. The molecule has 170 valence electrons. The normalized spacial score (nSPS) is 32.2. The lowest BCUT2D eigenvalue weighted by Gasteiger charge is -2.56. The van der Waals surface area contributed by atoms with Gasteiger partial charge in [0.25, 0.3) is 5.79 Å². The first kappa shape index (κ1) is 21.0. The number of hydrogen-bond donors (Lipinski definition) is 1. The van der Waals surface area contributed by atoms with E-state index in [1.165, 1.54) is 58.6 Å². The number of nitrogens with one attached hydrogen (secondary N) is 1. The number of rotatable bonds is 5. The molecule has 0 aromatic heterocycles. The zero-order valence-corrected chi connectivity index (χ0v) is 18.5. The first-order valence-electron chi connectivity index (χ1n) is 11.4. The number of carbonyl (C=O) groups excluding carboxylic acids is 3. The zero-order chi connectivity index (χ0) is 22.5. The van der Waals surface area contributed by atoms with Gasteiger partial charge in [0.15, 0.2) is 5.57 Å². The Bertz CT molecular complexity index is 919. The molecule has 0 amide bonds. The molecule has 4 bridgehead atoms. The van der Waals surface area contributed by atoms with Gasteiger partial charge >= 0.3 is 17.9 Å². The summed E-state index contributed by atoms with van der Waals surface area (Å²) in [5.41, 5.74) is 1.06. The molecule has 0 radical (unpaired) electrons. The summed E-state index contributed by atoms with van der Waals surface area (Å²) in [5, 5.41) is 2.87. The summed E-state index contributed by atoms with van der Waals surface area (Å²) in [6.07, 6.45) is 8.95. The third-order valence-corrected chi connectivity index (χ3v) is 7.30. The van der Waals surface area contributed by atoms with E-state index in [2.05, 4.69) is 5.32 Å². The Labute approximate surface area is 187 Å². The van der Waals surface area contributed by atoms with Crippen LogP contribution in [-0.2, 0) is 23.8 Å². The van der Waals surface area contributed by atoms with Gasteiger partial charge in [0, 0.05) is 31.1 Å². The van der Waals surface area contributed by atoms with Crippen molar-refractivity contribution in [1.82, 2.24) is 0 Å². The quantitative estimate of drug-likeness (QED) is 0.418. The van der Waals surface area contributed by atoms with E-state index < -0.39 is 17.7 Å². The smallest absolute Gasteiger partial charge is 0.350 e. The van der Waals surface area contributed by atoms with Crippen molar-refractivity contribution in [1.29, 1.82) is 0 Å². The highest BCUT2D eigenvalue weighted by Crippen LogP contribution is 2.60. The van der Waals surface area contributed by atoms with Gasteiger partial charge in [-0.25, -0.2) is 14.4 Å². The Morgan fingerprint density at radius 1 is 1.00 bits per heavy atom. The van der Waals surface area contributed by atoms with Crippen LogP contribution in [0.5, 0.6) is 0 Å². The van der Waals surface area contributed by atoms with Gasteiger partial charge in [0.2, 0.25) is 0 Å². The largest absolute Gasteiger partial charge is 0.462 e. The van der Waals surface area contributed by atoms with Gasteiger partial charge in [-0.15, -0.1) is 0 Å². The summed E-state index contributed by atoms with van der Waals surface area (Å²) in [4.78, 5) is 36.6. The lowest BCUT2D eigenvalue weighted by atomic mass is 9.50. The minimum absolute atomic E-state index is 0.190. The van der Waals surface area contributed by atoms with Crippen LogP contribution in [0.15, 0.2) is 36.0 Å². The van der Waals surface area contributed by atoms with E-state index in [0.29, 0.717) is 17.9 Å². The highest BCUT2D eigenvalue weighted by Gasteiger charge is 2.51. The van der Waals surface area contributed by atoms with Crippen LogP contribution in [-0.4, -0.2) is 30.3 Å². The topological polar surface area (TPSA) is 90.9 Å². The second-order valence-corrected chi connectivity index (χ2v) is 10.5. The molecule has 1 aromatic rings. The van der Waals surface area contributed by atoms with Crippen LogP contribution >= 0.6 is 0 Å². The second kappa shape index (κ2) is 7.64. The van der Waals surface area contributed by atoms with Crippen LogP contribution in [0.4, 0.5) is 5.69 Å². The molecule has 1 N–H and O–H groups in total. The molecule has 4 aliphatic carbocycles. The number of hydrogen-bond acceptors (Lipinski definition) is 7. The third-order valence-electron chi connectivity index (χ3n) is 7.30. The van der Waals surface area contributed by atoms with Crippen LogP contribution in [0.3, 0.4) is 0 Å². The van der Waals surface area contributed by atoms with E-state index >= 15 is 0 Å². The number of cyclic esters (lactones) is 2. The molecule has 1 aromatic carbocycles. The van der Waals surface area contributed by atoms with E-state index in [0.717, 1.165) is 17.8 Å². The fourth-order valence-electron chi connectivity index (χ4n) is 6.41. The first-order valence-corrected chi connectivity index (χ1v) is 11.4. The maximum Gasteiger partial charge on any atom is 0.350 e. The van der Waals surface area contributed by atoms with Gasteiger partial charge in [-0.3, -0.25) is 0 Å². The molecule has 0 spiro atoms. The first-order chi connectivity index (χ1) is 15.2. The number of ether oxygens (including phenoxy) is 3. The molecule has 1 aliphatic heterocycles. The standard InChI is InChI=1S/C25H29NO6/c1-24(2)31-22(28)20(23(29)32-24)13-26-19-5-3-18(4-6-19)21(27)30-14-25-10-15-7-16(11-25)9-17(8-15)12-25/h3-6,13,15-17,26H,7-12,14H2,1-2H3. The van der Waals surface area contributed by atoms with E-state index in [1.807, 2.05) is 0 Å². The van der Waals surface area contributed by atoms with Gasteiger partial charge in [-0.05, 0) is 80.5 Å². The minimum atomic E-state index is -1.27. The summed E-state index contributed by atoms with van der Waals surface area (Å²) in [5.74, 6) is -0.610. The summed E-state index contributed by atoms with van der Waals surface area (Å²) in [6, 6.07) is 6.73. The molecule has 0 unspecified atom stereocenters. The second-order valence-electron chi connectivity index (χ2n) is 10.5. The monoisotopic (exact) mass is 439 g/mol. The fraction of sp³-hybridized carbons (Fsp3) is 0.560. The fourth-order valence-corrected chi connectivity index (χ4v) is 6.41. The number of esters is 3. The minimum Gasteiger partial charge on any atom is -0.462 e. The van der Waals surface area contributed by atoms with Crippen LogP contribution < -0.4 is 5.32 Å². The highest BCUT2D eigenvalue weighted by atomic mass is 16.7. The predicted octanol–water partition coefficient (Wildman–Crippen LogP) is 4.19. The number of anilines is 1. The van der Waals surface area contributed by atoms with E-state index in [1.54, 1.807) is 24.3 Å². The number of benzene rings is 1. The van der Waals surface area contributed by atoms with Gasteiger partial charge in [-0.2, -0.15) is 0 Å². The van der Waals surface area contributed by atoms with Crippen LogP contribution in [0.25, 0.3) is 0 Å². The van der Waals surface area contributed by atoms with Gasteiger partial charge in [-0.1, -0.05) is 0 Å². The third kappa shape index (κ3) is 4.12. The summed E-state index contributed by atoms with van der Waals surface area (Å²) in [7, 11) is 0. The molecular weight excluding hydrogens is 410 g/mol. The predicted molar refractivity (Wildman–Crippen MR) is 115 cm³/mol. The van der Waals surface area contributed by atoms with Crippen LogP contribution in [0.2, 0.25) is 0 Å². The Balaban J connectivity index is 1.17. The molecule has 6 rings (SSSR count). The molecular formula is C25H29NO6. The average molecular weight is 440 g/mol. The Kier molecular flexibility index (Phi) is 5.02. The van der Waals surface area contributed by atoms with Gasteiger partial charge < -0.3 is 19.5 Å². The molecule has 1 heterocycles. The summed E-state index contributed by atoms with van der Waals surface area (Å²) >= 11 is 0. The molecule has 5 aliphatic rings. The van der Waals surface area contributed by atoms with E-state index in [-0.39, 0.29) is 17.0 Å². The highest BCUT2D eigenvalue weighted by molar-refractivity contribution is 6.15. The van der Waals surface area contributed by atoms with Crippen molar-refractivity contribution < 1.29 is 28.6 Å². The van der Waals surface area contributed by atoms with Gasteiger partial charge in [0.1, 0.15) is 0 Å². The van der Waals surface area contributed by atoms with Crippen molar-refractivity contribution >= 4 is 23.6 Å². The molecule has 0 atom stereocenters. The SMILES string of the molecule is CC1(C)OC(=O)C(=CNc2ccc(C(=O)OCC34CC5CC(CC(C5)C3)C4)cc2)C(=O)O1.